The number of aromatic nitrogens is 3. The molecule has 5 heteroatoms. The van der Waals surface area contributed by atoms with Gasteiger partial charge >= 0.3 is 0 Å². The molecule has 2 aromatic heterocycles. The highest BCUT2D eigenvalue weighted by Crippen LogP contribution is 2.42. The number of furan rings is 1. The molecule has 0 bridgehead atoms. The zero-order valence-electron chi connectivity index (χ0n) is 23.0. The van der Waals surface area contributed by atoms with Gasteiger partial charge in [-0.25, -0.2) is 15.0 Å². The Labute approximate surface area is 247 Å². The van der Waals surface area contributed by atoms with E-state index in [9.17, 15) is 0 Å². The van der Waals surface area contributed by atoms with Crippen molar-refractivity contribution >= 4 is 44.5 Å². The predicted molar refractivity (Wildman–Crippen MR) is 175 cm³/mol. The number of benzene rings is 5. The lowest BCUT2D eigenvalue weighted by Gasteiger charge is -2.22. The predicted octanol–water partition coefficient (Wildman–Crippen LogP) is 9.23. The molecule has 7 aromatic rings. The molecule has 1 aliphatic carbocycles. The SMILES string of the molecule is C1=CC2=Cc3c(oc4cccc(-c5nc(-c6ccccc6)nc(-c6cc7ccccc7c7ccccc67)n5)c34)NC2C=C1. The first-order chi connectivity index (χ1) is 21.3. The monoisotopic (exact) mass is 552 g/mol. The Bertz CT molecular complexity index is 2330. The van der Waals surface area contributed by atoms with E-state index >= 15 is 0 Å². The quantitative estimate of drug-likeness (QED) is 0.221. The average Bonchev–Trinajstić information content (AvgIpc) is 3.44. The molecule has 0 fully saturated rings. The third-order valence-electron chi connectivity index (χ3n) is 8.33. The van der Waals surface area contributed by atoms with Gasteiger partial charge in [-0.1, -0.05) is 115 Å². The molecule has 0 spiro atoms. The Kier molecular flexibility index (Phi) is 5.19. The molecule has 1 N–H and O–H groups in total. The molecule has 3 heterocycles. The van der Waals surface area contributed by atoms with Crippen molar-refractivity contribution in [3.8, 4) is 34.2 Å². The minimum atomic E-state index is 0.0937. The number of fused-ring (bicyclic) bond motifs is 7. The maximum Gasteiger partial charge on any atom is 0.202 e. The lowest BCUT2D eigenvalue weighted by Crippen LogP contribution is -2.22. The molecule has 1 aliphatic heterocycles. The number of allylic oxidation sites excluding steroid dienone is 2. The second kappa shape index (κ2) is 9.36. The van der Waals surface area contributed by atoms with Crippen LogP contribution in [0.15, 0.2) is 137 Å². The third-order valence-corrected chi connectivity index (χ3v) is 8.33. The summed E-state index contributed by atoms with van der Waals surface area (Å²) in [6.45, 7) is 0. The highest BCUT2D eigenvalue weighted by molar-refractivity contribution is 6.13. The Balaban J connectivity index is 1.33. The second-order valence-corrected chi connectivity index (χ2v) is 10.9. The maximum absolute atomic E-state index is 6.35. The summed E-state index contributed by atoms with van der Waals surface area (Å²) in [5, 5.41) is 9.17. The van der Waals surface area contributed by atoms with Crippen LogP contribution in [0.5, 0.6) is 0 Å². The maximum atomic E-state index is 6.35. The number of nitrogens with one attached hydrogen (secondary N) is 1. The molecule has 1 atom stereocenters. The van der Waals surface area contributed by atoms with Crippen molar-refractivity contribution in [3.63, 3.8) is 0 Å². The number of anilines is 1. The van der Waals surface area contributed by atoms with Crippen LogP contribution in [0.3, 0.4) is 0 Å². The Morgan fingerprint density at radius 3 is 2.26 bits per heavy atom. The summed E-state index contributed by atoms with van der Waals surface area (Å²) in [6.07, 6.45) is 10.6. The van der Waals surface area contributed by atoms with Gasteiger partial charge in [0.25, 0.3) is 0 Å². The molecule has 9 rings (SSSR count). The van der Waals surface area contributed by atoms with Gasteiger partial charge in [-0.05, 0) is 45.3 Å². The van der Waals surface area contributed by atoms with Gasteiger partial charge in [0.1, 0.15) is 5.58 Å². The highest BCUT2D eigenvalue weighted by atomic mass is 16.4. The van der Waals surface area contributed by atoms with Crippen molar-refractivity contribution in [1.29, 1.82) is 0 Å². The van der Waals surface area contributed by atoms with Gasteiger partial charge in [0.15, 0.2) is 17.5 Å². The zero-order valence-corrected chi connectivity index (χ0v) is 23.0. The minimum absolute atomic E-state index is 0.0937. The lowest BCUT2D eigenvalue weighted by molar-refractivity contribution is 0.622. The average molecular weight is 553 g/mol. The molecule has 2 aliphatic rings. The van der Waals surface area contributed by atoms with Crippen LogP contribution in [-0.4, -0.2) is 21.0 Å². The van der Waals surface area contributed by atoms with Gasteiger partial charge in [-0.3, -0.25) is 0 Å². The molecule has 0 amide bonds. The fourth-order valence-corrected chi connectivity index (χ4v) is 6.31. The van der Waals surface area contributed by atoms with E-state index in [0.29, 0.717) is 17.5 Å². The van der Waals surface area contributed by atoms with Gasteiger partial charge in [-0.2, -0.15) is 0 Å². The van der Waals surface area contributed by atoms with E-state index in [1.807, 2.05) is 42.5 Å². The van der Waals surface area contributed by atoms with Crippen molar-refractivity contribution in [2.24, 2.45) is 0 Å². The largest absolute Gasteiger partial charge is 0.440 e. The summed E-state index contributed by atoms with van der Waals surface area (Å²) in [5.74, 6) is 2.63. The molecule has 1 unspecified atom stereocenters. The number of hydrogen-bond acceptors (Lipinski definition) is 5. The van der Waals surface area contributed by atoms with Crippen LogP contribution in [0.1, 0.15) is 5.56 Å². The topological polar surface area (TPSA) is 63.8 Å². The molecule has 202 valence electrons. The van der Waals surface area contributed by atoms with E-state index in [1.165, 1.54) is 16.3 Å². The Morgan fingerprint density at radius 2 is 1.37 bits per heavy atom. The number of nitrogens with zero attached hydrogens (tertiary/aromatic N) is 3. The van der Waals surface area contributed by atoms with Crippen LogP contribution in [0, 0.1) is 0 Å². The summed E-state index contributed by atoms with van der Waals surface area (Å²) >= 11 is 0. The molecule has 5 aromatic carbocycles. The molecule has 43 heavy (non-hydrogen) atoms. The zero-order chi connectivity index (χ0) is 28.3. The normalized spacial score (nSPS) is 15.3. The molecular formula is C38H24N4O. The molecule has 0 saturated carbocycles. The molecule has 0 radical (unpaired) electrons. The van der Waals surface area contributed by atoms with Gasteiger partial charge < -0.3 is 9.73 Å². The van der Waals surface area contributed by atoms with Gasteiger partial charge in [0.2, 0.25) is 5.88 Å². The van der Waals surface area contributed by atoms with E-state index < -0.39 is 0 Å². The van der Waals surface area contributed by atoms with Crippen molar-refractivity contribution in [2.45, 2.75) is 6.04 Å². The summed E-state index contributed by atoms with van der Waals surface area (Å²) in [7, 11) is 0. The number of rotatable bonds is 3. The molecule has 0 saturated heterocycles. The smallest absolute Gasteiger partial charge is 0.202 e. The molecular weight excluding hydrogens is 528 g/mol. The number of hydrogen-bond donors (Lipinski definition) is 1. The third kappa shape index (κ3) is 3.82. The van der Waals surface area contributed by atoms with Gasteiger partial charge in [0, 0.05) is 27.6 Å². The Morgan fingerprint density at radius 1 is 0.628 bits per heavy atom. The minimum Gasteiger partial charge on any atom is -0.440 e. The summed E-state index contributed by atoms with van der Waals surface area (Å²) in [6, 6.07) is 35.4. The van der Waals surface area contributed by atoms with E-state index in [1.54, 1.807) is 0 Å². The fraction of sp³-hybridized carbons (Fsp3) is 0.0263. The van der Waals surface area contributed by atoms with Crippen LogP contribution < -0.4 is 5.32 Å². The van der Waals surface area contributed by atoms with Gasteiger partial charge in [0.05, 0.1) is 6.04 Å². The van der Waals surface area contributed by atoms with E-state index in [2.05, 4.69) is 96.4 Å². The van der Waals surface area contributed by atoms with Gasteiger partial charge in [-0.15, -0.1) is 0 Å². The van der Waals surface area contributed by atoms with Crippen molar-refractivity contribution in [1.82, 2.24) is 15.0 Å². The van der Waals surface area contributed by atoms with E-state index in [4.69, 9.17) is 19.4 Å². The van der Waals surface area contributed by atoms with Crippen LogP contribution in [0.4, 0.5) is 5.88 Å². The first-order valence-corrected chi connectivity index (χ1v) is 14.4. The highest BCUT2D eigenvalue weighted by Gasteiger charge is 2.26. The van der Waals surface area contributed by atoms with Crippen molar-refractivity contribution < 1.29 is 4.42 Å². The van der Waals surface area contributed by atoms with Crippen LogP contribution in [0.25, 0.3) is 72.8 Å². The van der Waals surface area contributed by atoms with Crippen molar-refractivity contribution in [2.75, 3.05) is 5.32 Å². The molecule has 5 nitrogen and oxygen atoms in total. The summed E-state index contributed by atoms with van der Waals surface area (Å²) in [5.41, 5.74) is 5.80. The second-order valence-electron chi connectivity index (χ2n) is 10.9. The lowest BCUT2D eigenvalue weighted by atomic mass is 9.94. The van der Waals surface area contributed by atoms with Crippen LogP contribution in [-0.2, 0) is 0 Å². The van der Waals surface area contributed by atoms with E-state index in [-0.39, 0.29) is 6.04 Å². The van der Waals surface area contributed by atoms with E-state index in [0.717, 1.165) is 49.9 Å². The summed E-state index contributed by atoms with van der Waals surface area (Å²) < 4.78 is 6.35. The van der Waals surface area contributed by atoms with Crippen LogP contribution >= 0.6 is 0 Å². The fourth-order valence-electron chi connectivity index (χ4n) is 6.31. The van der Waals surface area contributed by atoms with Crippen LogP contribution in [0.2, 0.25) is 0 Å². The standard InChI is InChI=1S/C38H24N4O/c1-2-11-23(12-3-1)35-40-36(29-18-10-20-33-34(29)31-22-25-14-5-9-19-32(25)39-38(31)43-33)42-37(41-35)30-21-24-13-4-6-15-26(24)27-16-7-8-17-28(27)30/h1-22,32,39H. The Hall–Kier alpha value is -5.81. The first-order valence-electron chi connectivity index (χ1n) is 14.4. The first kappa shape index (κ1) is 23.9. The summed E-state index contributed by atoms with van der Waals surface area (Å²) in [4.78, 5) is 15.3. The van der Waals surface area contributed by atoms with Crippen molar-refractivity contribution in [3.05, 3.63) is 139 Å².